The minimum atomic E-state index is -0.998. The molecule has 2 aromatic rings. The Balaban J connectivity index is 2.46. The Labute approximate surface area is 84.7 Å². The van der Waals surface area contributed by atoms with Gasteiger partial charge < -0.3 is 5.11 Å². The molecule has 0 aromatic carbocycles. The summed E-state index contributed by atoms with van der Waals surface area (Å²) in [4.78, 5) is 14.7. The Morgan fingerprint density at radius 2 is 2.21 bits per heavy atom. The first kappa shape index (κ1) is 8.90. The van der Waals surface area contributed by atoms with Gasteiger partial charge in [-0.1, -0.05) is 6.07 Å². The Morgan fingerprint density at radius 1 is 1.36 bits per heavy atom. The number of thiophene rings is 1. The summed E-state index contributed by atoms with van der Waals surface area (Å²) >= 11 is 1.56. The molecule has 2 aromatic heterocycles. The van der Waals surface area contributed by atoms with Crippen molar-refractivity contribution in [1.82, 2.24) is 4.98 Å². The van der Waals surface area contributed by atoms with E-state index in [9.17, 15) is 4.79 Å². The molecule has 2 heterocycles. The van der Waals surface area contributed by atoms with E-state index >= 15 is 0 Å². The van der Waals surface area contributed by atoms with Crippen molar-refractivity contribution in [2.24, 2.45) is 0 Å². The summed E-state index contributed by atoms with van der Waals surface area (Å²) in [5.41, 5.74) is 1.73. The predicted octanol–water partition coefficient (Wildman–Crippen LogP) is 2.51. The van der Waals surface area contributed by atoms with Crippen molar-refractivity contribution in [3.8, 4) is 11.3 Å². The zero-order valence-electron chi connectivity index (χ0n) is 7.18. The van der Waals surface area contributed by atoms with Crippen LogP contribution in [0.1, 0.15) is 10.5 Å². The number of carboxylic acid groups (broad SMARTS) is 1. The van der Waals surface area contributed by atoms with E-state index in [-0.39, 0.29) is 5.69 Å². The minimum Gasteiger partial charge on any atom is -0.477 e. The number of carboxylic acids is 1. The lowest BCUT2D eigenvalue weighted by molar-refractivity contribution is 0.0690. The molecule has 0 fully saturated rings. The first-order valence-electron chi connectivity index (χ1n) is 4.00. The van der Waals surface area contributed by atoms with Gasteiger partial charge in [-0.2, -0.15) is 11.3 Å². The number of rotatable bonds is 2. The van der Waals surface area contributed by atoms with Gasteiger partial charge in [0.15, 0.2) is 0 Å². The maximum Gasteiger partial charge on any atom is 0.354 e. The lowest BCUT2D eigenvalue weighted by atomic mass is 10.2. The average molecular weight is 205 g/mol. The highest BCUT2D eigenvalue weighted by molar-refractivity contribution is 7.08. The molecule has 3 nitrogen and oxygen atoms in total. The molecule has 0 radical (unpaired) electrons. The van der Waals surface area contributed by atoms with E-state index in [1.807, 2.05) is 16.8 Å². The van der Waals surface area contributed by atoms with Crippen LogP contribution in [-0.2, 0) is 0 Å². The molecule has 1 N–H and O–H groups in total. The van der Waals surface area contributed by atoms with Gasteiger partial charge in [-0.15, -0.1) is 0 Å². The van der Waals surface area contributed by atoms with Gasteiger partial charge >= 0.3 is 5.97 Å². The molecule has 0 saturated heterocycles. The van der Waals surface area contributed by atoms with Crippen molar-refractivity contribution < 1.29 is 9.90 Å². The highest BCUT2D eigenvalue weighted by Crippen LogP contribution is 2.19. The SMILES string of the molecule is O=C(O)c1cccc(-c2ccsc2)n1. The predicted molar refractivity (Wildman–Crippen MR) is 54.5 cm³/mol. The van der Waals surface area contributed by atoms with Crippen molar-refractivity contribution in [2.45, 2.75) is 0 Å². The minimum absolute atomic E-state index is 0.0775. The van der Waals surface area contributed by atoms with Crippen LogP contribution < -0.4 is 0 Å². The smallest absolute Gasteiger partial charge is 0.354 e. The fourth-order valence-electron chi connectivity index (χ4n) is 1.12. The van der Waals surface area contributed by atoms with E-state index in [0.717, 1.165) is 5.56 Å². The molecule has 70 valence electrons. The molecular weight excluding hydrogens is 198 g/mol. The van der Waals surface area contributed by atoms with Crippen molar-refractivity contribution in [3.05, 3.63) is 40.7 Å². The average Bonchev–Trinajstić information content (AvgIpc) is 2.71. The van der Waals surface area contributed by atoms with E-state index in [1.165, 1.54) is 6.07 Å². The van der Waals surface area contributed by atoms with E-state index in [4.69, 9.17) is 5.11 Å². The van der Waals surface area contributed by atoms with Gasteiger partial charge in [0.1, 0.15) is 5.69 Å². The molecule has 0 bridgehead atoms. The highest BCUT2D eigenvalue weighted by atomic mass is 32.1. The Kier molecular flexibility index (Phi) is 2.28. The van der Waals surface area contributed by atoms with Crippen molar-refractivity contribution in [2.75, 3.05) is 0 Å². The van der Waals surface area contributed by atoms with Gasteiger partial charge in [0.25, 0.3) is 0 Å². The van der Waals surface area contributed by atoms with Crippen LogP contribution in [0.3, 0.4) is 0 Å². The molecule has 0 amide bonds. The summed E-state index contributed by atoms with van der Waals surface area (Å²) in [6.45, 7) is 0. The van der Waals surface area contributed by atoms with Crippen LogP contribution in [0.2, 0.25) is 0 Å². The molecule has 0 aliphatic carbocycles. The number of nitrogens with zero attached hydrogens (tertiary/aromatic N) is 1. The van der Waals surface area contributed by atoms with Crippen molar-refractivity contribution >= 4 is 17.3 Å². The lowest BCUT2D eigenvalue weighted by Crippen LogP contribution is -2.00. The summed E-state index contributed by atoms with van der Waals surface area (Å²) in [5, 5.41) is 12.6. The summed E-state index contributed by atoms with van der Waals surface area (Å²) in [7, 11) is 0. The van der Waals surface area contributed by atoms with E-state index in [0.29, 0.717) is 5.69 Å². The topological polar surface area (TPSA) is 50.2 Å². The van der Waals surface area contributed by atoms with Gasteiger partial charge in [0, 0.05) is 10.9 Å². The number of aromatic carboxylic acids is 1. The van der Waals surface area contributed by atoms with Gasteiger partial charge in [-0.25, -0.2) is 9.78 Å². The molecule has 0 unspecified atom stereocenters. The van der Waals surface area contributed by atoms with Gasteiger partial charge in [0.05, 0.1) is 5.69 Å². The van der Waals surface area contributed by atoms with Gasteiger partial charge in [-0.05, 0) is 23.6 Å². The van der Waals surface area contributed by atoms with Crippen LogP contribution in [0, 0.1) is 0 Å². The van der Waals surface area contributed by atoms with Crippen LogP contribution in [0.5, 0.6) is 0 Å². The number of aromatic nitrogens is 1. The fraction of sp³-hybridized carbons (Fsp3) is 0. The molecule has 0 saturated carbocycles. The summed E-state index contributed by atoms with van der Waals surface area (Å²) in [5.74, 6) is -0.998. The fourth-order valence-corrected chi connectivity index (χ4v) is 1.77. The van der Waals surface area contributed by atoms with E-state index in [1.54, 1.807) is 23.5 Å². The number of hydrogen-bond acceptors (Lipinski definition) is 3. The molecule has 14 heavy (non-hydrogen) atoms. The third-order valence-electron chi connectivity index (χ3n) is 1.79. The first-order valence-corrected chi connectivity index (χ1v) is 4.94. The zero-order chi connectivity index (χ0) is 9.97. The maximum absolute atomic E-state index is 10.7. The van der Waals surface area contributed by atoms with E-state index < -0.39 is 5.97 Å². The largest absolute Gasteiger partial charge is 0.477 e. The third kappa shape index (κ3) is 1.65. The van der Waals surface area contributed by atoms with Crippen LogP contribution in [-0.4, -0.2) is 16.1 Å². The van der Waals surface area contributed by atoms with Crippen LogP contribution in [0.15, 0.2) is 35.0 Å². The standard InChI is InChI=1S/C10H7NO2S/c12-10(13)9-3-1-2-8(11-9)7-4-5-14-6-7/h1-6H,(H,12,13). The zero-order valence-corrected chi connectivity index (χ0v) is 7.99. The van der Waals surface area contributed by atoms with Gasteiger partial charge in [-0.3, -0.25) is 0 Å². The molecular formula is C10H7NO2S. The van der Waals surface area contributed by atoms with Crippen molar-refractivity contribution in [1.29, 1.82) is 0 Å². The van der Waals surface area contributed by atoms with Gasteiger partial charge in [0.2, 0.25) is 0 Å². The number of carbonyl (C=O) groups is 1. The third-order valence-corrected chi connectivity index (χ3v) is 2.47. The molecule has 0 aliphatic heterocycles. The summed E-state index contributed by atoms with van der Waals surface area (Å²) < 4.78 is 0. The molecule has 0 atom stereocenters. The Bertz CT molecular complexity index is 451. The Hall–Kier alpha value is -1.68. The molecule has 0 aliphatic rings. The second-order valence-electron chi connectivity index (χ2n) is 2.73. The van der Waals surface area contributed by atoms with Crippen molar-refractivity contribution in [3.63, 3.8) is 0 Å². The molecule has 0 spiro atoms. The quantitative estimate of drug-likeness (QED) is 0.819. The maximum atomic E-state index is 10.7. The Morgan fingerprint density at radius 3 is 2.86 bits per heavy atom. The summed E-state index contributed by atoms with van der Waals surface area (Å²) in [6.07, 6.45) is 0. The van der Waals surface area contributed by atoms with Crippen LogP contribution in [0.4, 0.5) is 0 Å². The monoisotopic (exact) mass is 205 g/mol. The first-order chi connectivity index (χ1) is 6.77. The number of hydrogen-bond donors (Lipinski definition) is 1. The molecule has 2 rings (SSSR count). The lowest BCUT2D eigenvalue weighted by Gasteiger charge is -1.98. The van der Waals surface area contributed by atoms with E-state index in [2.05, 4.69) is 4.98 Å². The van der Waals surface area contributed by atoms with Crippen LogP contribution >= 0.6 is 11.3 Å². The highest BCUT2D eigenvalue weighted by Gasteiger charge is 2.06. The number of pyridine rings is 1. The van der Waals surface area contributed by atoms with Crippen LogP contribution in [0.25, 0.3) is 11.3 Å². The normalized spacial score (nSPS) is 10.0. The molecule has 4 heteroatoms. The second kappa shape index (κ2) is 3.59. The second-order valence-corrected chi connectivity index (χ2v) is 3.51. The summed E-state index contributed by atoms with van der Waals surface area (Å²) in [6, 6.07) is 6.90.